The maximum atomic E-state index is 12.2. The van der Waals surface area contributed by atoms with Crippen molar-refractivity contribution in [1.82, 2.24) is 4.31 Å². The zero-order chi connectivity index (χ0) is 13.8. The van der Waals surface area contributed by atoms with E-state index in [1.165, 1.54) is 18.4 Å². The van der Waals surface area contributed by atoms with Gasteiger partial charge in [-0.25, -0.2) is 12.7 Å². The molecule has 0 spiro atoms. The highest BCUT2D eigenvalue weighted by Gasteiger charge is 2.21. The van der Waals surface area contributed by atoms with Crippen molar-refractivity contribution in [3.63, 3.8) is 0 Å². The Balaban J connectivity index is 3.15. The Kier molecular flexibility index (Phi) is 5.13. The molecule has 102 valence electrons. The van der Waals surface area contributed by atoms with Crippen LogP contribution in [-0.2, 0) is 10.0 Å². The summed E-state index contributed by atoms with van der Waals surface area (Å²) in [7, 11) is -0.399. The second kappa shape index (κ2) is 6.17. The molecule has 1 rings (SSSR count). The van der Waals surface area contributed by atoms with Crippen molar-refractivity contribution in [2.75, 3.05) is 26.0 Å². The second-order valence-corrected chi connectivity index (χ2v) is 6.39. The number of hydrogen-bond acceptors (Lipinski definition) is 4. The number of para-hydroxylation sites is 1. The predicted octanol–water partition coefficient (Wildman–Crippen LogP) is 1.09. The topological polar surface area (TPSA) is 75.4 Å². The van der Waals surface area contributed by atoms with Gasteiger partial charge < -0.3 is 11.1 Å². The van der Waals surface area contributed by atoms with Gasteiger partial charge in [0, 0.05) is 26.7 Å². The van der Waals surface area contributed by atoms with Crippen molar-refractivity contribution >= 4 is 15.7 Å². The average Bonchev–Trinajstić information content (AvgIpc) is 2.36. The number of nitrogens with one attached hydrogen (secondary N) is 1. The van der Waals surface area contributed by atoms with Crippen LogP contribution in [-0.4, -0.2) is 39.4 Å². The lowest BCUT2D eigenvalue weighted by molar-refractivity contribution is 0.521. The summed E-state index contributed by atoms with van der Waals surface area (Å²) in [5.74, 6) is 0. The van der Waals surface area contributed by atoms with Crippen LogP contribution in [0.15, 0.2) is 29.2 Å². The van der Waals surface area contributed by atoms with Gasteiger partial charge in [0.1, 0.15) is 4.90 Å². The van der Waals surface area contributed by atoms with Crippen LogP contribution in [0.25, 0.3) is 0 Å². The van der Waals surface area contributed by atoms with Gasteiger partial charge in [0.25, 0.3) is 0 Å². The minimum atomic E-state index is -3.44. The lowest BCUT2D eigenvalue weighted by Gasteiger charge is -2.20. The molecule has 0 aliphatic heterocycles. The van der Waals surface area contributed by atoms with Crippen molar-refractivity contribution in [3.8, 4) is 0 Å². The summed E-state index contributed by atoms with van der Waals surface area (Å²) in [4.78, 5) is 0.280. The van der Waals surface area contributed by atoms with E-state index in [0.29, 0.717) is 12.2 Å². The van der Waals surface area contributed by atoms with E-state index in [9.17, 15) is 8.42 Å². The molecule has 18 heavy (non-hydrogen) atoms. The summed E-state index contributed by atoms with van der Waals surface area (Å²) < 4.78 is 25.5. The van der Waals surface area contributed by atoms with Crippen LogP contribution >= 0.6 is 0 Å². The summed E-state index contributed by atoms with van der Waals surface area (Å²) in [6.07, 6.45) is 0.840. The van der Waals surface area contributed by atoms with E-state index in [1.54, 1.807) is 24.3 Å². The number of rotatable bonds is 6. The Morgan fingerprint density at radius 3 is 2.44 bits per heavy atom. The number of hydrogen-bond donors (Lipinski definition) is 2. The summed E-state index contributed by atoms with van der Waals surface area (Å²) in [6, 6.07) is 6.95. The molecular formula is C12H21N3O2S. The first-order valence-corrected chi connectivity index (χ1v) is 7.35. The third kappa shape index (κ3) is 3.22. The molecule has 0 saturated carbocycles. The largest absolute Gasteiger partial charge is 0.380 e. The number of anilines is 1. The molecular weight excluding hydrogens is 250 g/mol. The first-order valence-electron chi connectivity index (χ1n) is 5.91. The fourth-order valence-corrected chi connectivity index (χ4v) is 2.60. The van der Waals surface area contributed by atoms with Crippen LogP contribution in [0.3, 0.4) is 0 Å². The zero-order valence-corrected chi connectivity index (χ0v) is 11.9. The summed E-state index contributed by atoms with van der Waals surface area (Å²) in [5, 5.41) is 3.18. The molecule has 0 aliphatic carbocycles. The third-order valence-electron chi connectivity index (χ3n) is 2.78. The molecule has 1 aromatic carbocycles. The number of nitrogens with zero attached hydrogens (tertiary/aromatic N) is 1. The molecule has 1 atom stereocenters. The molecule has 1 unspecified atom stereocenters. The second-order valence-electron chi connectivity index (χ2n) is 4.27. The number of benzene rings is 1. The van der Waals surface area contributed by atoms with Gasteiger partial charge in [-0.1, -0.05) is 19.1 Å². The van der Waals surface area contributed by atoms with E-state index in [-0.39, 0.29) is 10.9 Å². The molecule has 6 heteroatoms. The highest BCUT2D eigenvalue weighted by atomic mass is 32.2. The Bertz CT molecular complexity index is 482. The Morgan fingerprint density at radius 1 is 1.33 bits per heavy atom. The van der Waals surface area contributed by atoms with Gasteiger partial charge in [0.2, 0.25) is 10.0 Å². The van der Waals surface area contributed by atoms with Gasteiger partial charge in [-0.15, -0.1) is 0 Å². The predicted molar refractivity (Wildman–Crippen MR) is 74.1 cm³/mol. The van der Waals surface area contributed by atoms with Crippen LogP contribution < -0.4 is 11.1 Å². The molecule has 1 aromatic rings. The normalized spacial score (nSPS) is 13.6. The van der Waals surface area contributed by atoms with Gasteiger partial charge in [-0.2, -0.15) is 0 Å². The number of nitrogens with two attached hydrogens (primary N) is 1. The SMILES string of the molecule is CCC(CN)Nc1ccccc1S(=O)(=O)N(C)C. The summed E-state index contributed by atoms with van der Waals surface area (Å²) in [5.41, 5.74) is 6.23. The smallest absolute Gasteiger partial charge is 0.244 e. The molecule has 5 nitrogen and oxygen atoms in total. The Hall–Kier alpha value is -1.11. The highest BCUT2D eigenvalue weighted by molar-refractivity contribution is 7.89. The van der Waals surface area contributed by atoms with Gasteiger partial charge in [-0.05, 0) is 18.6 Å². The Labute approximate surface area is 109 Å². The first kappa shape index (κ1) is 14.9. The maximum Gasteiger partial charge on any atom is 0.244 e. The fraction of sp³-hybridized carbons (Fsp3) is 0.500. The van der Waals surface area contributed by atoms with E-state index in [4.69, 9.17) is 5.73 Å². The summed E-state index contributed by atoms with van der Waals surface area (Å²) in [6.45, 7) is 2.47. The molecule has 0 fully saturated rings. The van der Waals surface area contributed by atoms with E-state index in [0.717, 1.165) is 6.42 Å². The van der Waals surface area contributed by atoms with Crippen molar-refractivity contribution in [2.45, 2.75) is 24.3 Å². The third-order valence-corrected chi connectivity index (χ3v) is 4.66. The average molecular weight is 271 g/mol. The van der Waals surface area contributed by atoms with Gasteiger partial charge in [-0.3, -0.25) is 0 Å². The molecule has 0 bridgehead atoms. The fourth-order valence-electron chi connectivity index (χ4n) is 1.56. The molecule has 0 saturated heterocycles. The van der Waals surface area contributed by atoms with Crippen LogP contribution in [0.1, 0.15) is 13.3 Å². The quantitative estimate of drug-likeness (QED) is 0.812. The molecule has 0 aliphatic rings. The number of sulfonamides is 1. The molecule has 0 heterocycles. The monoisotopic (exact) mass is 271 g/mol. The van der Waals surface area contributed by atoms with Crippen molar-refractivity contribution in [2.24, 2.45) is 5.73 Å². The van der Waals surface area contributed by atoms with Gasteiger partial charge >= 0.3 is 0 Å². The summed E-state index contributed by atoms with van der Waals surface area (Å²) >= 11 is 0. The minimum Gasteiger partial charge on any atom is -0.380 e. The molecule has 3 N–H and O–H groups in total. The van der Waals surface area contributed by atoms with Crippen LogP contribution in [0.5, 0.6) is 0 Å². The lowest BCUT2D eigenvalue weighted by Crippen LogP contribution is -2.30. The van der Waals surface area contributed by atoms with E-state index in [1.807, 2.05) is 6.92 Å². The first-order chi connectivity index (χ1) is 8.43. The van der Waals surface area contributed by atoms with Gasteiger partial charge in [0.15, 0.2) is 0 Å². The zero-order valence-electron chi connectivity index (χ0n) is 11.1. The van der Waals surface area contributed by atoms with Crippen LogP contribution in [0, 0.1) is 0 Å². The molecule has 0 radical (unpaired) electrons. The standard InChI is InChI=1S/C12H21N3O2S/c1-4-10(9-13)14-11-7-5-6-8-12(11)18(16,17)15(2)3/h5-8,10,14H,4,9,13H2,1-3H3. The van der Waals surface area contributed by atoms with Gasteiger partial charge in [0.05, 0.1) is 5.69 Å². The minimum absolute atomic E-state index is 0.0727. The Morgan fingerprint density at radius 2 is 1.94 bits per heavy atom. The van der Waals surface area contributed by atoms with Crippen molar-refractivity contribution < 1.29 is 8.42 Å². The van der Waals surface area contributed by atoms with Crippen molar-refractivity contribution in [1.29, 1.82) is 0 Å². The van der Waals surface area contributed by atoms with Crippen LogP contribution in [0.2, 0.25) is 0 Å². The molecule has 0 amide bonds. The lowest BCUT2D eigenvalue weighted by atomic mass is 10.2. The van der Waals surface area contributed by atoms with E-state index < -0.39 is 10.0 Å². The van der Waals surface area contributed by atoms with Crippen LogP contribution in [0.4, 0.5) is 5.69 Å². The highest BCUT2D eigenvalue weighted by Crippen LogP contribution is 2.23. The van der Waals surface area contributed by atoms with E-state index in [2.05, 4.69) is 5.32 Å². The molecule has 0 aromatic heterocycles. The van der Waals surface area contributed by atoms with Crippen molar-refractivity contribution in [3.05, 3.63) is 24.3 Å². The van der Waals surface area contributed by atoms with E-state index >= 15 is 0 Å². The maximum absolute atomic E-state index is 12.2.